The van der Waals surface area contributed by atoms with Gasteiger partial charge in [-0.1, -0.05) is 60.7 Å². The van der Waals surface area contributed by atoms with Crippen molar-refractivity contribution in [2.45, 2.75) is 12.5 Å². The molecule has 1 atom stereocenters. The first kappa shape index (κ1) is 17.7. The van der Waals surface area contributed by atoms with Gasteiger partial charge in [0.1, 0.15) is 6.04 Å². The number of primary amides is 1. The molecule has 4 rings (SSSR count). The molecule has 0 aliphatic heterocycles. The number of nitrogens with one attached hydrogen (secondary N) is 1. The number of hydrogen-bond donors (Lipinski definition) is 2. The first-order valence-electron chi connectivity index (χ1n) is 9.04. The second-order valence-corrected chi connectivity index (χ2v) is 6.65. The number of amides is 2. The van der Waals surface area contributed by atoms with Crippen LogP contribution in [0.15, 0.2) is 79.0 Å². The summed E-state index contributed by atoms with van der Waals surface area (Å²) in [4.78, 5) is 29.2. The molecule has 0 unspecified atom stereocenters. The maximum atomic E-state index is 12.9. The van der Waals surface area contributed by atoms with Crippen LogP contribution in [0.25, 0.3) is 21.7 Å². The third kappa shape index (κ3) is 3.42. The van der Waals surface area contributed by atoms with Gasteiger partial charge in [0.05, 0.1) is 11.1 Å². The van der Waals surface area contributed by atoms with E-state index in [0.29, 0.717) is 12.0 Å². The minimum Gasteiger partial charge on any atom is -0.368 e. The minimum absolute atomic E-state index is 0.325. The van der Waals surface area contributed by atoms with Crippen LogP contribution in [0.2, 0.25) is 0 Å². The topological polar surface area (TPSA) is 85.1 Å². The Balaban J connectivity index is 1.63. The van der Waals surface area contributed by atoms with Crippen molar-refractivity contribution in [2.75, 3.05) is 0 Å². The van der Waals surface area contributed by atoms with E-state index in [-0.39, 0.29) is 5.91 Å². The maximum absolute atomic E-state index is 12.9. The van der Waals surface area contributed by atoms with Crippen molar-refractivity contribution in [3.05, 3.63) is 90.1 Å². The fraction of sp³-hybridized carbons (Fsp3) is 0.0870. The van der Waals surface area contributed by atoms with Crippen LogP contribution in [0.3, 0.4) is 0 Å². The molecular weight excluding hydrogens is 350 g/mol. The average molecular weight is 369 g/mol. The highest BCUT2D eigenvalue weighted by atomic mass is 16.2. The highest BCUT2D eigenvalue weighted by Gasteiger charge is 2.21. The summed E-state index contributed by atoms with van der Waals surface area (Å²) in [6.45, 7) is 0. The van der Waals surface area contributed by atoms with Crippen LogP contribution in [0.1, 0.15) is 15.9 Å². The van der Waals surface area contributed by atoms with E-state index < -0.39 is 11.9 Å². The molecule has 3 N–H and O–H groups in total. The van der Waals surface area contributed by atoms with Gasteiger partial charge in [0, 0.05) is 18.0 Å². The van der Waals surface area contributed by atoms with Crippen LogP contribution in [0.4, 0.5) is 0 Å². The van der Waals surface area contributed by atoms with Gasteiger partial charge in [0.25, 0.3) is 5.91 Å². The number of fused-ring (bicyclic) bond motifs is 2. The monoisotopic (exact) mass is 369 g/mol. The van der Waals surface area contributed by atoms with Crippen molar-refractivity contribution in [2.24, 2.45) is 5.73 Å². The number of nitrogens with two attached hydrogens (primary N) is 1. The SMILES string of the molecule is NC(=O)[C@H](Cc1cccc2ccccc12)NC(=O)c1ccnc2ccccc12. The Hall–Kier alpha value is -3.73. The summed E-state index contributed by atoms with van der Waals surface area (Å²) in [5, 5.41) is 5.65. The molecule has 0 aliphatic rings. The molecule has 5 nitrogen and oxygen atoms in total. The van der Waals surface area contributed by atoms with Crippen LogP contribution in [0, 0.1) is 0 Å². The molecule has 0 radical (unpaired) electrons. The van der Waals surface area contributed by atoms with Crippen molar-refractivity contribution in [3.63, 3.8) is 0 Å². The summed E-state index contributed by atoms with van der Waals surface area (Å²) in [6, 6.07) is 22.1. The molecule has 0 aliphatic carbocycles. The number of para-hydroxylation sites is 1. The molecular formula is C23H19N3O2. The number of aromatic nitrogens is 1. The Morgan fingerprint density at radius 2 is 1.61 bits per heavy atom. The molecule has 138 valence electrons. The zero-order valence-corrected chi connectivity index (χ0v) is 15.1. The van der Waals surface area contributed by atoms with E-state index >= 15 is 0 Å². The van der Waals surface area contributed by atoms with Gasteiger partial charge in [-0.25, -0.2) is 0 Å². The highest BCUT2D eigenvalue weighted by molar-refractivity contribution is 6.07. The van der Waals surface area contributed by atoms with Crippen molar-refractivity contribution in [1.29, 1.82) is 0 Å². The number of benzene rings is 3. The lowest BCUT2D eigenvalue weighted by Crippen LogP contribution is -2.45. The molecule has 4 aromatic rings. The van der Waals surface area contributed by atoms with Gasteiger partial charge in [-0.3, -0.25) is 14.6 Å². The first-order chi connectivity index (χ1) is 13.6. The molecule has 0 spiro atoms. The van der Waals surface area contributed by atoms with Crippen LogP contribution in [-0.4, -0.2) is 22.8 Å². The first-order valence-corrected chi connectivity index (χ1v) is 9.04. The molecule has 28 heavy (non-hydrogen) atoms. The van der Waals surface area contributed by atoms with Gasteiger partial charge in [-0.2, -0.15) is 0 Å². The lowest BCUT2D eigenvalue weighted by atomic mass is 9.98. The van der Waals surface area contributed by atoms with Gasteiger partial charge in [-0.05, 0) is 28.5 Å². The number of pyridine rings is 1. The number of nitrogens with zero attached hydrogens (tertiary/aromatic N) is 1. The fourth-order valence-electron chi connectivity index (χ4n) is 3.44. The van der Waals surface area contributed by atoms with E-state index in [9.17, 15) is 9.59 Å². The third-order valence-corrected chi connectivity index (χ3v) is 4.85. The predicted octanol–water partition coefficient (Wildman–Crippen LogP) is 3.21. The van der Waals surface area contributed by atoms with E-state index in [1.54, 1.807) is 12.3 Å². The zero-order chi connectivity index (χ0) is 19.5. The standard InChI is InChI=1S/C23H19N3O2/c24-22(27)21(14-16-8-5-7-15-6-1-2-9-17(15)16)26-23(28)19-12-13-25-20-11-4-3-10-18(19)20/h1-13,21H,14H2,(H2,24,27)(H,26,28)/t21-/m0/s1. The van der Waals surface area contributed by atoms with Gasteiger partial charge in [-0.15, -0.1) is 0 Å². The van der Waals surface area contributed by atoms with Crippen molar-refractivity contribution < 1.29 is 9.59 Å². The molecule has 1 heterocycles. The van der Waals surface area contributed by atoms with E-state index in [4.69, 9.17) is 5.73 Å². The Morgan fingerprint density at radius 1 is 0.893 bits per heavy atom. The normalized spacial score (nSPS) is 12.0. The third-order valence-electron chi connectivity index (χ3n) is 4.85. The molecule has 0 saturated carbocycles. The second-order valence-electron chi connectivity index (χ2n) is 6.65. The number of rotatable bonds is 5. The van der Waals surface area contributed by atoms with Crippen LogP contribution < -0.4 is 11.1 Å². The van der Waals surface area contributed by atoms with Gasteiger partial charge in [0.2, 0.25) is 5.91 Å². The van der Waals surface area contributed by atoms with Crippen LogP contribution >= 0.6 is 0 Å². The summed E-state index contributed by atoms with van der Waals surface area (Å²) < 4.78 is 0. The lowest BCUT2D eigenvalue weighted by molar-refractivity contribution is -0.119. The summed E-state index contributed by atoms with van der Waals surface area (Å²) in [6.07, 6.45) is 1.91. The van der Waals surface area contributed by atoms with E-state index in [1.165, 1.54) is 0 Å². The second kappa shape index (κ2) is 7.48. The van der Waals surface area contributed by atoms with Crippen molar-refractivity contribution >= 4 is 33.5 Å². The molecule has 3 aromatic carbocycles. The number of hydrogen-bond acceptors (Lipinski definition) is 3. The molecule has 0 fully saturated rings. The zero-order valence-electron chi connectivity index (χ0n) is 15.1. The van der Waals surface area contributed by atoms with Crippen LogP contribution in [0.5, 0.6) is 0 Å². The molecule has 0 bridgehead atoms. The van der Waals surface area contributed by atoms with E-state index in [2.05, 4.69) is 10.3 Å². The van der Waals surface area contributed by atoms with E-state index in [1.807, 2.05) is 66.7 Å². The van der Waals surface area contributed by atoms with Gasteiger partial charge < -0.3 is 11.1 Å². The summed E-state index contributed by atoms with van der Waals surface area (Å²) >= 11 is 0. The van der Waals surface area contributed by atoms with Crippen LogP contribution in [-0.2, 0) is 11.2 Å². The minimum atomic E-state index is -0.815. The summed E-state index contributed by atoms with van der Waals surface area (Å²) in [5.74, 6) is -0.915. The predicted molar refractivity (Wildman–Crippen MR) is 110 cm³/mol. The Labute approximate surface area is 162 Å². The molecule has 0 saturated heterocycles. The van der Waals surface area contributed by atoms with E-state index in [0.717, 1.165) is 27.2 Å². The highest BCUT2D eigenvalue weighted by Crippen LogP contribution is 2.20. The quantitative estimate of drug-likeness (QED) is 0.566. The average Bonchev–Trinajstić information content (AvgIpc) is 2.73. The van der Waals surface area contributed by atoms with Crippen molar-refractivity contribution in [1.82, 2.24) is 10.3 Å². The number of carbonyl (C=O) groups excluding carboxylic acids is 2. The van der Waals surface area contributed by atoms with Gasteiger partial charge >= 0.3 is 0 Å². The summed E-state index contributed by atoms with van der Waals surface area (Å²) in [7, 11) is 0. The Bertz CT molecular complexity index is 1180. The smallest absolute Gasteiger partial charge is 0.252 e. The number of carbonyl (C=O) groups is 2. The van der Waals surface area contributed by atoms with Gasteiger partial charge in [0.15, 0.2) is 0 Å². The Morgan fingerprint density at radius 3 is 2.43 bits per heavy atom. The maximum Gasteiger partial charge on any atom is 0.252 e. The molecule has 5 heteroatoms. The Kier molecular flexibility index (Phi) is 4.72. The summed E-state index contributed by atoms with van der Waals surface area (Å²) in [5.41, 5.74) is 7.75. The largest absolute Gasteiger partial charge is 0.368 e. The molecule has 1 aromatic heterocycles. The lowest BCUT2D eigenvalue weighted by Gasteiger charge is -2.17. The fourth-order valence-corrected chi connectivity index (χ4v) is 3.44. The molecule has 2 amide bonds. The van der Waals surface area contributed by atoms with Crippen molar-refractivity contribution in [3.8, 4) is 0 Å².